The number of carboxylic acid groups (broad SMARTS) is 1. The molecule has 0 amide bonds. The minimum atomic E-state index is -2.67. The van der Waals surface area contributed by atoms with Crippen LogP contribution in [-0.4, -0.2) is 49.0 Å². The van der Waals surface area contributed by atoms with Gasteiger partial charge in [0.1, 0.15) is 23.9 Å². The van der Waals surface area contributed by atoms with Crippen molar-refractivity contribution in [2.45, 2.75) is 25.5 Å². The number of nitriles is 1. The molecule has 2 aromatic carbocycles. The molecule has 2 N–H and O–H groups in total. The van der Waals surface area contributed by atoms with Crippen molar-refractivity contribution >= 4 is 15.8 Å². The van der Waals surface area contributed by atoms with Gasteiger partial charge in [0, 0.05) is 19.6 Å². The van der Waals surface area contributed by atoms with Crippen LogP contribution >= 0.6 is 0 Å². The second-order valence-electron chi connectivity index (χ2n) is 8.37. The van der Waals surface area contributed by atoms with Gasteiger partial charge in [-0.15, -0.1) is 0 Å². The summed E-state index contributed by atoms with van der Waals surface area (Å²) in [5, 5.41) is 18.1. The third-order valence-electron chi connectivity index (χ3n) is 5.75. The number of hydrogen-bond donors (Lipinski definition) is 1. The van der Waals surface area contributed by atoms with Crippen molar-refractivity contribution in [1.82, 2.24) is 4.90 Å². The first-order valence-electron chi connectivity index (χ1n) is 10.4. The fourth-order valence-electron chi connectivity index (χ4n) is 4.27. The first-order chi connectivity index (χ1) is 15.3. The van der Waals surface area contributed by atoms with Gasteiger partial charge in [-0.25, -0.2) is 4.21 Å². The van der Waals surface area contributed by atoms with Crippen molar-refractivity contribution in [1.29, 1.82) is 5.26 Å². The van der Waals surface area contributed by atoms with Crippen molar-refractivity contribution in [3.63, 3.8) is 0 Å². The number of carbonyl (C=O) groups is 1. The first-order valence-corrected chi connectivity index (χ1v) is 12.2. The zero-order valence-corrected chi connectivity index (χ0v) is 18.4. The number of ether oxygens (including phenoxy) is 1. The zero-order valence-electron chi connectivity index (χ0n) is 17.6. The summed E-state index contributed by atoms with van der Waals surface area (Å²) >= 11 is 0. The number of aliphatic carboxylic acids is 1. The fraction of sp³-hybridized carbons (Fsp3) is 0.333. The Morgan fingerprint density at radius 3 is 2.44 bits per heavy atom. The van der Waals surface area contributed by atoms with E-state index in [0.717, 1.165) is 41.9 Å². The van der Waals surface area contributed by atoms with Crippen LogP contribution in [0.15, 0.2) is 59.7 Å². The van der Waals surface area contributed by atoms with Gasteiger partial charge in [-0.05, 0) is 40.0 Å². The molecule has 0 saturated heterocycles. The Hall–Kier alpha value is -3.15. The molecule has 2 aliphatic heterocycles. The summed E-state index contributed by atoms with van der Waals surface area (Å²) in [6.45, 7) is 2.68. The lowest BCUT2D eigenvalue weighted by Crippen LogP contribution is -2.24. The van der Waals surface area contributed by atoms with Crippen LogP contribution in [-0.2, 0) is 27.8 Å². The smallest absolute Gasteiger partial charge is 0.305 e. The Morgan fingerprint density at radius 2 is 1.81 bits per heavy atom. The van der Waals surface area contributed by atoms with Crippen molar-refractivity contribution in [3.05, 3.63) is 76.4 Å². The molecule has 2 heterocycles. The molecule has 0 radical (unpaired) electrons. The Morgan fingerprint density at radius 1 is 1.16 bits per heavy atom. The SMILES string of the molecule is N#CC(CC(=O)O)c1ccc(OCc2cccc(CN3CC4=C(C3)CS(=O)(=[OH+])C4)c2)cc1. The van der Waals surface area contributed by atoms with E-state index < -0.39 is 21.7 Å². The average molecular weight is 454 g/mol. The molecule has 32 heavy (non-hydrogen) atoms. The van der Waals surface area contributed by atoms with E-state index in [1.807, 2.05) is 18.2 Å². The molecule has 1 unspecified atom stereocenters. The Balaban J connectivity index is 1.31. The van der Waals surface area contributed by atoms with E-state index in [1.165, 1.54) is 0 Å². The van der Waals surface area contributed by atoms with Gasteiger partial charge >= 0.3 is 5.97 Å². The summed E-state index contributed by atoms with van der Waals surface area (Å²) in [4.78, 5) is 13.2. The molecule has 166 valence electrons. The van der Waals surface area contributed by atoms with Gasteiger partial charge in [0.15, 0.2) is 0 Å². The third kappa shape index (κ3) is 5.36. The van der Waals surface area contributed by atoms with Crippen LogP contribution in [0.3, 0.4) is 0 Å². The zero-order chi connectivity index (χ0) is 22.7. The van der Waals surface area contributed by atoms with Gasteiger partial charge in [-0.1, -0.05) is 36.4 Å². The Kier molecular flexibility index (Phi) is 6.31. The van der Waals surface area contributed by atoms with Gasteiger partial charge in [-0.2, -0.15) is 9.47 Å². The molecular weight excluding hydrogens is 428 g/mol. The minimum absolute atomic E-state index is 0.224. The quantitative estimate of drug-likeness (QED) is 0.486. The molecule has 0 aliphatic carbocycles. The van der Waals surface area contributed by atoms with E-state index >= 15 is 0 Å². The van der Waals surface area contributed by atoms with Crippen LogP contribution in [0.2, 0.25) is 0 Å². The summed E-state index contributed by atoms with van der Waals surface area (Å²) in [7, 11) is -2.67. The Bertz CT molecular complexity index is 1170. The van der Waals surface area contributed by atoms with E-state index in [2.05, 4.69) is 17.0 Å². The van der Waals surface area contributed by atoms with E-state index in [4.69, 9.17) is 9.84 Å². The predicted molar refractivity (Wildman–Crippen MR) is 120 cm³/mol. The van der Waals surface area contributed by atoms with Gasteiger partial charge < -0.3 is 9.84 Å². The lowest BCUT2D eigenvalue weighted by Gasteiger charge is -2.18. The van der Waals surface area contributed by atoms with E-state index in [-0.39, 0.29) is 6.42 Å². The van der Waals surface area contributed by atoms with Crippen molar-refractivity contribution in [2.24, 2.45) is 0 Å². The molecule has 0 fully saturated rings. The maximum absolute atomic E-state index is 11.9. The van der Waals surface area contributed by atoms with Crippen LogP contribution < -0.4 is 4.74 Å². The highest BCUT2D eigenvalue weighted by molar-refractivity contribution is 7.92. The predicted octanol–water partition coefficient (Wildman–Crippen LogP) is 3.05. The highest BCUT2D eigenvalue weighted by Crippen LogP contribution is 2.28. The molecule has 4 rings (SSSR count). The summed E-state index contributed by atoms with van der Waals surface area (Å²) in [5.74, 6) is -0.394. The van der Waals surface area contributed by atoms with E-state index in [9.17, 15) is 18.5 Å². The lowest BCUT2D eigenvalue weighted by molar-refractivity contribution is -0.137. The topological polar surface area (TPSA) is 112 Å². The molecule has 7 nitrogen and oxygen atoms in total. The molecule has 8 heteroatoms. The maximum Gasteiger partial charge on any atom is 0.305 e. The average Bonchev–Trinajstić information content (AvgIpc) is 3.23. The lowest BCUT2D eigenvalue weighted by atomic mass is 9.97. The fourth-order valence-corrected chi connectivity index (χ4v) is 6.06. The van der Waals surface area contributed by atoms with Crippen LogP contribution in [0.5, 0.6) is 5.75 Å². The minimum Gasteiger partial charge on any atom is -0.489 e. The van der Waals surface area contributed by atoms with Gasteiger partial charge in [-0.3, -0.25) is 9.69 Å². The summed E-state index contributed by atoms with van der Waals surface area (Å²) in [6, 6.07) is 17.2. The standard InChI is InChI=1S/C24H24N2O5S/c25-10-20(9-24(27)28)19-4-6-23(7-5-19)31-14-18-3-1-2-17(8-18)11-26-12-21-15-32(29,30)16-22(21)13-26/h1-8,20H,9,11-16H2,(H,27,28)/p+1. The maximum atomic E-state index is 11.9. The van der Waals surface area contributed by atoms with Gasteiger partial charge in [0.05, 0.1) is 18.4 Å². The molecule has 0 saturated carbocycles. The van der Waals surface area contributed by atoms with Crippen molar-refractivity contribution in [3.8, 4) is 11.8 Å². The molecule has 0 bridgehead atoms. The van der Waals surface area contributed by atoms with Crippen molar-refractivity contribution in [2.75, 3.05) is 24.6 Å². The highest BCUT2D eigenvalue weighted by Gasteiger charge is 2.36. The van der Waals surface area contributed by atoms with Gasteiger partial charge in [0.25, 0.3) is 9.84 Å². The summed E-state index contributed by atoms with van der Waals surface area (Å²) in [6.07, 6.45) is -0.224. The number of rotatable bonds is 8. The first kappa shape index (κ1) is 22.1. The second kappa shape index (κ2) is 9.15. The summed E-state index contributed by atoms with van der Waals surface area (Å²) in [5.41, 5.74) is 5.11. The van der Waals surface area contributed by atoms with Crippen LogP contribution in [0.1, 0.15) is 29.0 Å². The molecule has 1 atom stereocenters. The highest BCUT2D eigenvalue weighted by atomic mass is 32.2. The molecule has 2 aliphatic rings. The number of carboxylic acids is 1. The molecule has 0 aromatic heterocycles. The number of nitrogens with zero attached hydrogens (tertiary/aromatic N) is 2. The molecule has 0 spiro atoms. The molecular formula is C24H25N2O5S+. The number of hydrogen-bond acceptors (Lipinski definition) is 5. The largest absolute Gasteiger partial charge is 0.489 e. The van der Waals surface area contributed by atoms with Crippen LogP contribution in [0.4, 0.5) is 0 Å². The van der Waals surface area contributed by atoms with E-state index in [0.29, 0.717) is 29.4 Å². The normalized spacial score (nSPS) is 18.2. The van der Waals surface area contributed by atoms with Crippen LogP contribution in [0, 0.1) is 11.3 Å². The summed E-state index contributed by atoms with van der Waals surface area (Å²) < 4.78 is 27.5. The van der Waals surface area contributed by atoms with E-state index in [1.54, 1.807) is 24.3 Å². The third-order valence-corrected chi connectivity index (χ3v) is 7.35. The van der Waals surface area contributed by atoms with Crippen LogP contribution in [0.25, 0.3) is 0 Å². The molecule has 2 aromatic rings. The second-order valence-corrected chi connectivity index (χ2v) is 10.5. The van der Waals surface area contributed by atoms with Gasteiger partial charge in [0.2, 0.25) is 0 Å². The van der Waals surface area contributed by atoms with Crippen molar-refractivity contribution < 1.29 is 23.1 Å². The number of benzene rings is 2. The Labute approximate surface area is 187 Å². The monoisotopic (exact) mass is 453 g/mol.